The van der Waals surface area contributed by atoms with Crippen molar-refractivity contribution >= 4 is 23.0 Å². The predicted molar refractivity (Wildman–Crippen MR) is 120 cm³/mol. The second-order valence-corrected chi connectivity index (χ2v) is 8.03. The molecule has 2 atom stereocenters. The van der Waals surface area contributed by atoms with Crippen molar-refractivity contribution in [2.75, 3.05) is 10.6 Å². The topological polar surface area (TPSA) is 119 Å². The quantitative estimate of drug-likeness (QED) is 0.454. The van der Waals surface area contributed by atoms with Gasteiger partial charge in [-0.1, -0.05) is 0 Å². The van der Waals surface area contributed by atoms with E-state index in [1.807, 2.05) is 42.0 Å². The van der Waals surface area contributed by atoms with E-state index >= 15 is 0 Å². The maximum absolute atomic E-state index is 6.14. The molecule has 2 unspecified atom stereocenters. The second-order valence-electron chi connectivity index (χ2n) is 8.03. The van der Waals surface area contributed by atoms with Gasteiger partial charge in [0.15, 0.2) is 0 Å². The number of nitrogens with one attached hydrogen (secondary N) is 2. The lowest BCUT2D eigenvalue weighted by Gasteiger charge is -2.27. The van der Waals surface area contributed by atoms with E-state index in [0.717, 1.165) is 59.7 Å². The van der Waals surface area contributed by atoms with E-state index in [-0.39, 0.29) is 6.04 Å². The van der Waals surface area contributed by atoms with E-state index in [1.165, 1.54) is 6.33 Å². The summed E-state index contributed by atoms with van der Waals surface area (Å²) in [5.74, 6) is 0.630. The molecule has 1 aliphatic carbocycles. The summed E-state index contributed by atoms with van der Waals surface area (Å²) in [5, 5.41) is 6.79. The minimum absolute atomic E-state index is 0.246. The number of nitrogens with two attached hydrogens (primary N) is 1. The standard InChI is InChI=1S/C22H25N9/c1-14-8-27-22(29-16-4-2-3-15(23)7-16)30-21(14)19-11-26-20-6-5-17(12-31(19)20)28-18-9-24-13-25-10-18/h5-6,8-13,15-16,28H,2-4,7,23H2,1H3,(H,27,29,30). The van der Waals surface area contributed by atoms with Crippen molar-refractivity contribution in [2.45, 2.75) is 44.7 Å². The van der Waals surface area contributed by atoms with E-state index in [9.17, 15) is 0 Å². The van der Waals surface area contributed by atoms with Crippen LogP contribution in [0.5, 0.6) is 0 Å². The minimum Gasteiger partial charge on any atom is -0.352 e. The van der Waals surface area contributed by atoms with Crippen molar-refractivity contribution in [3.05, 3.63) is 55.0 Å². The lowest BCUT2D eigenvalue weighted by atomic mass is 9.92. The highest BCUT2D eigenvalue weighted by molar-refractivity contribution is 5.67. The first-order valence-electron chi connectivity index (χ1n) is 10.5. The van der Waals surface area contributed by atoms with Gasteiger partial charge >= 0.3 is 0 Å². The molecule has 0 saturated heterocycles. The molecule has 4 aromatic rings. The molecule has 5 rings (SSSR count). The third kappa shape index (κ3) is 4.17. The number of nitrogens with zero attached hydrogens (tertiary/aromatic N) is 6. The molecule has 158 valence electrons. The minimum atomic E-state index is 0.246. The molecule has 1 fully saturated rings. The molecule has 0 aromatic carbocycles. The van der Waals surface area contributed by atoms with Crippen LogP contribution in [0.25, 0.3) is 17.0 Å². The van der Waals surface area contributed by atoms with E-state index in [0.29, 0.717) is 12.0 Å². The summed E-state index contributed by atoms with van der Waals surface area (Å²) in [7, 11) is 0. The zero-order valence-electron chi connectivity index (χ0n) is 17.4. The summed E-state index contributed by atoms with van der Waals surface area (Å²) >= 11 is 0. The number of aromatic nitrogens is 6. The second kappa shape index (κ2) is 8.27. The van der Waals surface area contributed by atoms with Gasteiger partial charge < -0.3 is 16.4 Å². The molecule has 4 aromatic heterocycles. The maximum Gasteiger partial charge on any atom is 0.223 e. The van der Waals surface area contributed by atoms with Gasteiger partial charge in [0.1, 0.15) is 12.0 Å². The Balaban J connectivity index is 1.46. The van der Waals surface area contributed by atoms with Crippen molar-refractivity contribution in [1.82, 2.24) is 29.3 Å². The van der Waals surface area contributed by atoms with Crippen LogP contribution in [0.3, 0.4) is 0 Å². The third-order valence-electron chi connectivity index (χ3n) is 5.62. The van der Waals surface area contributed by atoms with E-state index in [2.05, 4.69) is 30.6 Å². The molecular weight excluding hydrogens is 390 g/mol. The summed E-state index contributed by atoms with van der Waals surface area (Å²) in [6.45, 7) is 2.01. The molecule has 0 spiro atoms. The van der Waals surface area contributed by atoms with Crippen LogP contribution in [0.4, 0.5) is 17.3 Å². The first-order valence-corrected chi connectivity index (χ1v) is 10.5. The molecule has 9 nitrogen and oxygen atoms in total. The summed E-state index contributed by atoms with van der Waals surface area (Å²) in [6, 6.07) is 4.50. The van der Waals surface area contributed by atoms with Crippen LogP contribution in [0.2, 0.25) is 0 Å². The van der Waals surface area contributed by atoms with Crippen molar-refractivity contribution in [3.63, 3.8) is 0 Å². The Kier molecular flexibility index (Phi) is 5.17. The van der Waals surface area contributed by atoms with Crippen LogP contribution in [-0.4, -0.2) is 41.4 Å². The summed E-state index contributed by atoms with van der Waals surface area (Å²) in [5.41, 5.74) is 11.5. The molecular formula is C22H25N9. The van der Waals surface area contributed by atoms with Gasteiger partial charge in [-0.15, -0.1) is 0 Å². The maximum atomic E-state index is 6.14. The Morgan fingerprint density at radius 1 is 1.03 bits per heavy atom. The molecule has 4 N–H and O–H groups in total. The smallest absolute Gasteiger partial charge is 0.223 e. The normalized spacial score (nSPS) is 18.8. The van der Waals surface area contributed by atoms with Crippen LogP contribution in [0.1, 0.15) is 31.2 Å². The fourth-order valence-electron chi connectivity index (χ4n) is 4.07. The lowest BCUT2D eigenvalue weighted by Crippen LogP contribution is -2.35. The van der Waals surface area contributed by atoms with Gasteiger partial charge in [-0.2, -0.15) is 0 Å². The number of aryl methyl sites for hydroxylation is 1. The van der Waals surface area contributed by atoms with Gasteiger partial charge in [-0.3, -0.25) is 4.40 Å². The zero-order valence-corrected chi connectivity index (χ0v) is 17.4. The summed E-state index contributed by atoms with van der Waals surface area (Å²) in [6.07, 6.45) is 14.9. The van der Waals surface area contributed by atoms with Gasteiger partial charge in [0.25, 0.3) is 0 Å². The average molecular weight is 416 g/mol. The van der Waals surface area contributed by atoms with E-state index in [4.69, 9.17) is 10.7 Å². The van der Waals surface area contributed by atoms with Gasteiger partial charge in [-0.25, -0.2) is 24.9 Å². The van der Waals surface area contributed by atoms with Gasteiger partial charge in [0.05, 0.1) is 41.4 Å². The Morgan fingerprint density at radius 2 is 1.90 bits per heavy atom. The number of hydrogen-bond donors (Lipinski definition) is 3. The molecule has 0 bridgehead atoms. The third-order valence-corrected chi connectivity index (χ3v) is 5.62. The van der Waals surface area contributed by atoms with Crippen molar-refractivity contribution in [2.24, 2.45) is 5.73 Å². The molecule has 0 radical (unpaired) electrons. The van der Waals surface area contributed by atoms with Crippen molar-refractivity contribution in [3.8, 4) is 11.4 Å². The monoisotopic (exact) mass is 415 g/mol. The number of pyridine rings is 1. The fraction of sp³-hybridized carbons (Fsp3) is 0.318. The number of fused-ring (bicyclic) bond motifs is 1. The average Bonchev–Trinajstić information content (AvgIpc) is 3.19. The largest absolute Gasteiger partial charge is 0.352 e. The lowest BCUT2D eigenvalue weighted by molar-refractivity contribution is 0.408. The van der Waals surface area contributed by atoms with Gasteiger partial charge in [0.2, 0.25) is 5.95 Å². The molecule has 0 aliphatic heterocycles. The van der Waals surface area contributed by atoms with Gasteiger partial charge in [0, 0.05) is 24.5 Å². The highest BCUT2D eigenvalue weighted by Crippen LogP contribution is 2.26. The molecule has 4 heterocycles. The van der Waals surface area contributed by atoms with Gasteiger partial charge in [-0.05, 0) is 50.3 Å². The highest BCUT2D eigenvalue weighted by atomic mass is 15.1. The van der Waals surface area contributed by atoms with Crippen LogP contribution in [-0.2, 0) is 0 Å². The predicted octanol–water partition coefficient (Wildman–Crippen LogP) is 3.32. The molecule has 9 heteroatoms. The summed E-state index contributed by atoms with van der Waals surface area (Å²) < 4.78 is 2.03. The molecule has 31 heavy (non-hydrogen) atoms. The zero-order chi connectivity index (χ0) is 21.2. The van der Waals surface area contributed by atoms with Crippen LogP contribution < -0.4 is 16.4 Å². The van der Waals surface area contributed by atoms with Crippen molar-refractivity contribution in [1.29, 1.82) is 0 Å². The number of anilines is 3. The summed E-state index contributed by atoms with van der Waals surface area (Å²) in [4.78, 5) is 22.0. The Bertz CT molecular complexity index is 1190. The number of hydrogen-bond acceptors (Lipinski definition) is 8. The Hall–Kier alpha value is -3.59. The van der Waals surface area contributed by atoms with Crippen LogP contribution in [0.15, 0.2) is 49.4 Å². The number of imidazole rings is 1. The first-order chi connectivity index (χ1) is 15.2. The van der Waals surface area contributed by atoms with Crippen molar-refractivity contribution < 1.29 is 0 Å². The molecule has 1 saturated carbocycles. The van der Waals surface area contributed by atoms with Crippen LogP contribution >= 0.6 is 0 Å². The first kappa shape index (κ1) is 19.4. The van der Waals surface area contributed by atoms with E-state index < -0.39 is 0 Å². The molecule has 1 aliphatic rings. The SMILES string of the molecule is Cc1cnc(NC2CCCC(N)C2)nc1-c1cnc2ccc(Nc3cncnc3)cn12. The number of rotatable bonds is 5. The fourth-order valence-corrected chi connectivity index (χ4v) is 4.07. The Morgan fingerprint density at radius 3 is 2.74 bits per heavy atom. The molecule has 0 amide bonds. The van der Waals surface area contributed by atoms with Crippen LogP contribution in [0, 0.1) is 6.92 Å². The highest BCUT2D eigenvalue weighted by Gasteiger charge is 2.20. The Labute approximate surface area is 180 Å². The van der Waals surface area contributed by atoms with E-state index in [1.54, 1.807) is 12.4 Å².